The molecule has 0 spiro atoms. The van der Waals surface area contributed by atoms with E-state index in [0.29, 0.717) is 5.56 Å². The van der Waals surface area contributed by atoms with Crippen molar-refractivity contribution in [2.45, 2.75) is 41.5 Å². The number of nitrogens with zero attached hydrogens (tertiary/aromatic N) is 1. The summed E-state index contributed by atoms with van der Waals surface area (Å²) in [5, 5.41) is 17.2. The van der Waals surface area contributed by atoms with Crippen LogP contribution in [-0.4, -0.2) is 87.6 Å². The van der Waals surface area contributed by atoms with Gasteiger partial charge in [0.05, 0.1) is 18.4 Å². The third kappa shape index (κ3) is 4.46. The maximum atomic E-state index is 13.3. The zero-order chi connectivity index (χ0) is 27.8. The molecule has 0 aliphatic carbocycles. The second kappa shape index (κ2) is 10.6. The Hall–Kier alpha value is -3.68. The highest BCUT2D eigenvalue weighted by molar-refractivity contribution is 8.01. The van der Waals surface area contributed by atoms with Gasteiger partial charge in [0.1, 0.15) is 29.2 Å². The number of nitrogens with two attached hydrogens (primary N) is 1. The van der Waals surface area contributed by atoms with Crippen molar-refractivity contribution < 1.29 is 48.4 Å². The molecule has 4 atom stereocenters. The van der Waals surface area contributed by atoms with E-state index in [-0.39, 0.29) is 42.1 Å². The van der Waals surface area contributed by atoms with Crippen LogP contribution in [0.25, 0.3) is 6.08 Å². The quantitative estimate of drug-likeness (QED) is 0.142. The van der Waals surface area contributed by atoms with Crippen molar-refractivity contribution >= 4 is 47.3 Å². The fraction of sp³-hybridized carbons (Fsp3) is 0.400. The Morgan fingerprint density at radius 1 is 1.21 bits per heavy atom. The normalized spacial score (nSPS) is 27.6. The van der Waals surface area contributed by atoms with E-state index in [9.17, 15) is 34.2 Å². The summed E-state index contributed by atoms with van der Waals surface area (Å²) in [7, 11) is 2.41. The Kier molecular flexibility index (Phi) is 7.63. The van der Waals surface area contributed by atoms with Crippen LogP contribution in [0, 0.1) is 0 Å². The minimum Gasteiger partial charge on any atom is -0.508 e. The van der Waals surface area contributed by atoms with E-state index in [1.54, 1.807) is 0 Å². The van der Waals surface area contributed by atoms with E-state index in [0.717, 1.165) is 23.8 Å². The summed E-state index contributed by atoms with van der Waals surface area (Å²) in [5.74, 6) is -4.59. The number of amides is 1. The fourth-order valence-corrected chi connectivity index (χ4v) is 6.41. The lowest BCUT2D eigenvalue weighted by Crippen LogP contribution is -2.80. The molecular formula is C25H26N2O10S. The Labute approximate surface area is 221 Å². The highest BCUT2D eigenvalue weighted by Crippen LogP contribution is 2.52. The molecule has 1 amide bonds. The van der Waals surface area contributed by atoms with E-state index in [1.165, 1.54) is 37.5 Å². The van der Waals surface area contributed by atoms with Gasteiger partial charge in [-0.15, -0.1) is 11.8 Å². The van der Waals surface area contributed by atoms with E-state index in [1.807, 2.05) is 0 Å². The number of carbonyl (C=O) groups is 5. The zero-order valence-corrected chi connectivity index (χ0v) is 21.4. The number of carboxylic acid groups (broad SMARTS) is 1. The summed E-state index contributed by atoms with van der Waals surface area (Å²) in [6, 6.07) is 4.84. The molecule has 2 bridgehead atoms. The molecule has 2 unspecified atom stereocenters. The summed E-state index contributed by atoms with van der Waals surface area (Å²) < 4.78 is 15.8. The van der Waals surface area contributed by atoms with Gasteiger partial charge in [0.25, 0.3) is 5.91 Å². The molecule has 3 aliphatic rings. The monoisotopic (exact) mass is 546 g/mol. The molecule has 202 valence electrons. The third-order valence-corrected chi connectivity index (χ3v) is 8.29. The first-order chi connectivity index (χ1) is 18.1. The van der Waals surface area contributed by atoms with E-state index >= 15 is 0 Å². The molecule has 0 radical (unpaired) electrons. The highest BCUT2D eigenvalue weighted by Gasteiger charge is 2.71. The van der Waals surface area contributed by atoms with Gasteiger partial charge in [-0.25, -0.2) is 9.59 Å². The number of Topliss-reactive ketones (excluding diaryl/α,β-unsaturated/α-hetero) is 2. The maximum Gasteiger partial charge on any atom is 0.373 e. The Balaban J connectivity index is 1.69. The molecule has 1 aromatic rings. The van der Waals surface area contributed by atoms with E-state index < -0.39 is 58.2 Å². The minimum atomic E-state index is -2.01. The number of hydrogen-bond donors (Lipinski definition) is 3. The third-order valence-electron chi connectivity index (χ3n) is 6.67. The predicted octanol–water partition coefficient (Wildman–Crippen LogP) is 0.580. The van der Waals surface area contributed by atoms with Crippen LogP contribution in [0.4, 0.5) is 0 Å². The molecule has 4 N–H and O–H groups in total. The molecule has 2 fully saturated rings. The van der Waals surface area contributed by atoms with Crippen molar-refractivity contribution in [1.29, 1.82) is 0 Å². The number of aromatic hydroxyl groups is 1. The molecule has 3 aliphatic heterocycles. The molecule has 3 heterocycles. The lowest BCUT2D eigenvalue weighted by molar-refractivity contribution is -0.188. The minimum absolute atomic E-state index is 0.00766. The SMILES string of the molecule is COC(=Cc1ccc(O)cc1)C(=O)OCC1=C(C(=O)O)N2C(=O)[C@]3(OC)C(=O)C(N)CCCC(=O)C1S[C@H]23. The van der Waals surface area contributed by atoms with Gasteiger partial charge in [-0.3, -0.25) is 19.3 Å². The van der Waals surface area contributed by atoms with Gasteiger partial charge in [0.2, 0.25) is 11.4 Å². The Morgan fingerprint density at radius 3 is 2.50 bits per heavy atom. The molecule has 13 heteroatoms. The number of fused-ring (bicyclic) bond motifs is 1. The molecule has 4 rings (SSSR count). The second-order valence-corrected chi connectivity index (χ2v) is 10.1. The van der Waals surface area contributed by atoms with Crippen LogP contribution in [-0.2, 0) is 38.2 Å². The highest BCUT2D eigenvalue weighted by atomic mass is 32.2. The predicted molar refractivity (Wildman–Crippen MR) is 132 cm³/mol. The van der Waals surface area contributed by atoms with Crippen LogP contribution in [0.5, 0.6) is 5.75 Å². The Morgan fingerprint density at radius 2 is 1.89 bits per heavy atom. The zero-order valence-electron chi connectivity index (χ0n) is 20.5. The number of β-lactam (4-membered cyclic amide) rings is 1. The van der Waals surface area contributed by atoms with E-state index in [4.69, 9.17) is 19.9 Å². The summed E-state index contributed by atoms with van der Waals surface area (Å²) in [4.78, 5) is 65.6. The van der Waals surface area contributed by atoms with Gasteiger partial charge in [-0.1, -0.05) is 12.1 Å². The lowest BCUT2D eigenvalue weighted by Gasteiger charge is -2.56. The van der Waals surface area contributed by atoms with Gasteiger partial charge >= 0.3 is 11.9 Å². The number of phenols is 1. The number of methoxy groups -OCH3 is 2. The first-order valence-corrected chi connectivity index (χ1v) is 12.6. The average Bonchev–Trinajstić information content (AvgIpc) is 2.90. The summed E-state index contributed by atoms with van der Waals surface area (Å²) in [6.07, 6.45) is 1.75. The number of ether oxygens (including phenoxy) is 3. The van der Waals surface area contributed by atoms with Crippen molar-refractivity contribution in [1.82, 2.24) is 4.90 Å². The first kappa shape index (κ1) is 27.4. The van der Waals surface area contributed by atoms with Crippen LogP contribution < -0.4 is 5.73 Å². The van der Waals surface area contributed by atoms with Crippen LogP contribution in [0.15, 0.2) is 41.3 Å². The smallest absolute Gasteiger partial charge is 0.373 e. The van der Waals surface area contributed by atoms with Gasteiger partial charge in [0.15, 0.2) is 5.78 Å². The van der Waals surface area contributed by atoms with Crippen molar-refractivity contribution in [2.24, 2.45) is 5.73 Å². The number of thioether (sulfide) groups is 1. The molecule has 12 nitrogen and oxygen atoms in total. The molecule has 38 heavy (non-hydrogen) atoms. The number of carbonyl (C=O) groups excluding carboxylic acids is 4. The lowest BCUT2D eigenvalue weighted by atomic mass is 9.80. The summed E-state index contributed by atoms with van der Waals surface area (Å²) >= 11 is 0.900. The topological polar surface area (TPSA) is 183 Å². The summed E-state index contributed by atoms with van der Waals surface area (Å²) in [5.41, 5.74) is 3.86. The average molecular weight is 547 g/mol. The number of benzene rings is 1. The second-order valence-electron chi connectivity index (χ2n) is 8.87. The molecule has 0 aromatic heterocycles. The van der Waals surface area contributed by atoms with Gasteiger partial charge in [-0.05, 0) is 36.6 Å². The maximum absolute atomic E-state index is 13.3. The van der Waals surface area contributed by atoms with Crippen LogP contribution in [0.1, 0.15) is 24.8 Å². The number of rotatable bonds is 7. The number of hydrogen-bond acceptors (Lipinski definition) is 11. The standard InChI is InChI=1S/C25H26N2O10S/c1-35-17(10-12-6-8-13(28)9-7-12)22(33)37-11-14-18(21(31)32)27-23(34)25(36-2)20(30)15(26)4-3-5-16(29)19(14)38-24(25)27/h6-10,15,19,24,28H,3-5,11,26H2,1-2H3,(H,31,32)/t15?,19?,24-,25+/m0/s1. The van der Waals surface area contributed by atoms with Gasteiger partial charge in [0, 0.05) is 19.1 Å². The van der Waals surface area contributed by atoms with Crippen molar-refractivity contribution in [3.63, 3.8) is 0 Å². The van der Waals surface area contributed by atoms with Gasteiger partial charge in [-0.2, -0.15) is 0 Å². The summed E-state index contributed by atoms with van der Waals surface area (Å²) in [6.45, 7) is -0.621. The number of carboxylic acids is 1. The van der Waals surface area contributed by atoms with Crippen LogP contribution in [0.2, 0.25) is 0 Å². The number of esters is 1. The molecule has 1 aromatic carbocycles. The molecular weight excluding hydrogens is 520 g/mol. The number of aliphatic carboxylic acids is 1. The van der Waals surface area contributed by atoms with Crippen LogP contribution in [0.3, 0.4) is 0 Å². The van der Waals surface area contributed by atoms with Crippen molar-refractivity contribution in [2.75, 3.05) is 20.8 Å². The van der Waals surface area contributed by atoms with E-state index in [2.05, 4.69) is 0 Å². The molecule has 0 saturated carbocycles. The largest absolute Gasteiger partial charge is 0.508 e. The molecule has 2 saturated heterocycles. The fourth-order valence-electron chi connectivity index (χ4n) is 4.71. The Bertz CT molecular complexity index is 1260. The number of ketones is 2. The van der Waals surface area contributed by atoms with Crippen molar-refractivity contribution in [3.8, 4) is 5.75 Å². The first-order valence-electron chi connectivity index (χ1n) is 11.6. The van der Waals surface area contributed by atoms with Crippen molar-refractivity contribution in [3.05, 3.63) is 46.9 Å². The van der Waals surface area contributed by atoms with Crippen LogP contribution >= 0.6 is 11.8 Å². The van der Waals surface area contributed by atoms with Gasteiger partial charge < -0.3 is 30.2 Å². The number of phenolic OH excluding ortho intramolecular Hbond substituents is 1.